The molecular weight excluding hydrogens is 484 g/mol. The third-order valence-electron chi connectivity index (χ3n) is 8.90. The number of hydrogen-bond donors (Lipinski definition) is 1. The van der Waals surface area contributed by atoms with Crippen LogP contribution in [0.5, 0.6) is 5.75 Å². The number of aromatic hydroxyl groups is 1. The van der Waals surface area contributed by atoms with E-state index >= 15 is 0 Å². The first-order valence-corrected chi connectivity index (χ1v) is 15.5. The maximum absolute atomic E-state index is 11.6. The molecule has 1 saturated carbocycles. The van der Waals surface area contributed by atoms with E-state index in [1.165, 1.54) is 71.0 Å². The molecule has 5 rings (SSSR count). The highest BCUT2D eigenvalue weighted by Crippen LogP contribution is 2.50. The summed E-state index contributed by atoms with van der Waals surface area (Å²) in [7, 11) is 0. The summed E-state index contributed by atoms with van der Waals surface area (Å²) in [5.74, 6) is 1.99. The lowest BCUT2D eigenvalue weighted by Crippen LogP contribution is -2.09. The van der Waals surface area contributed by atoms with Gasteiger partial charge in [0, 0.05) is 5.56 Å². The van der Waals surface area contributed by atoms with Crippen molar-refractivity contribution in [3.63, 3.8) is 0 Å². The van der Waals surface area contributed by atoms with Gasteiger partial charge in [-0.1, -0.05) is 128 Å². The highest BCUT2D eigenvalue weighted by molar-refractivity contribution is 5.88. The fourth-order valence-electron chi connectivity index (χ4n) is 6.81. The second-order valence-corrected chi connectivity index (χ2v) is 12.7. The smallest absolute Gasteiger partial charge is 0.120 e. The zero-order valence-corrected chi connectivity index (χ0v) is 25.3. The quantitative estimate of drug-likeness (QED) is 0.252. The Balaban J connectivity index is 1.82. The summed E-state index contributed by atoms with van der Waals surface area (Å²) in [6, 6.07) is 28.9. The van der Waals surface area contributed by atoms with Gasteiger partial charge in [-0.2, -0.15) is 0 Å². The molecule has 1 N–H and O–H groups in total. The molecule has 0 atom stereocenters. The molecular formula is C39H46O. The summed E-state index contributed by atoms with van der Waals surface area (Å²) in [4.78, 5) is 0. The summed E-state index contributed by atoms with van der Waals surface area (Å²) < 4.78 is 0. The molecule has 0 amide bonds. The molecule has 1 heteroatoms. The van der Waals surface area contributed by atoms with E-state index in [0.717, 1.165) is 16.7 Å². The van der Waals surface area contributed by atoms with Crippen LogP contribution in [0.2, 0.25) is 0 Å². The number of hydrogen-bond acceptors (Lipinski definition) is 1. The van der Waals surface area contributed by atoms with Gasteiger partial charge in [-0.15, -0.1) is 0 Å². The standard InChI is InChI=1S/C39H46O/c1-25(2)28-17-19-29(20-18-28)32-21-22-33(30-13-9-7-10-14-30)35(23-32)39-37(26(3)4)34(31-15-11-8-12-16-31)24-36(40)38(39)27(5)6/h8,11-12,15-27,30,40H,7,9-10,13-14H2,1-6H3. The molecule has 208 valence electrons. The highest BCUT2D eigenvalue weighted by Gasteiger charge is 2.28. The second-order valence-electron chi connectivity index (χ2n) is 12.7. The Kier molecular flexibility index (Phi) is 8.50. The van der Waals surface area contributed by atoms with Crippen molar-refractivity contribution >= 4 is 0 Å². The average Bonchev–Trinajstić information content (AvgIpc) is 2.97. The van der Waals surface area contributed by atoms with E-state index in [-0.39, 0.29) is 5.92 Å². The van der Waals surface area contributed by atoms with Crippen LogP contribution in [0.3, 0.4) is 0 Å². The second kappa shape index (κ2) is 12.0. The first kappa shape index (κ1) is 28.2. The molecule has 1 aliphatic rings. The van der Waals surface area contributed by atoms with Gasteiger partial charge in [0.1, 0.15) is 5.75 Å². The monoisotopic (exact) mass is 530 g/mol. The molecule has 0 unspecified atom stereocenters. The molecule has 1 aliphatic carbocycles. The maximum atomic E-state index is 11.6. The van der Waals surface area contributed by atoms with E-state index in [9.17, 15) is 5.11 Å². The number of rotatable bonds is 7. The van der Waals surface area contributed by atoms with Crippen LogP contribution in [0.15, 0.2) is 78.9 Å². The molecule has 4 aromatic rings. The minimum absolute atomic E-state index is 0.200. The molecule has 0 aromatic heterocycles. The molecule has 4 aromatic carbocycles. The first-order valence-electron chi connectivity index (χ1n) is 15.5. The highest BCUT2D eigenvalue weighted by atomic mass is 16.3. The van der Waals surface area contributed by atoms with Crippen molar-refractivity contribution in [3.8, 4) is 39.1 Å². The fourth-order valence-corrected chi connectivity index (χ4v) is 6.81. The summed E-state index contributed by atoms with van der Waals surface area (Å²) in [6.45, 7) is 13.6. The van der Waals surface area contributed by atoms with E-state index in [4.69, 9.17) is 0 Å². The fraction of sp³-hybridized carbons (Fsp3) is 0.385. The zero-order chi connectivity index (χ0) is 28.4. The van der Waals surface area contributed by atoms with Crippen LogP contribution < -0.4 is 0 Å². The molecule has 0 saturated heterocycles. The largest absolute Gasteiger partial charge is 0.508 e. The Labute approximate surface area is 242 Å². The summed E-state index contributed by atoms with van der Waals surface area (Å²) in [6.07, 6.45) is 6.42. The van der Waals surface area contributed by atoms with Gasteiger partial charge in [0.2, 0.25) is 0 Å². The van der Waals surface area contributed by atoms with Gasteiger partial charge >= 0.3 is 0 Å². The predicted octanol–water partition coefficient (Wildman–Crippen LogP) is 11.8. The Morgan fingerprint density at radius 3 is 1.80 bits per heavy atom. The van der Waals surface area contributed by atoms with Crippen molar-refractivity contribution in [2.24, 2.45) is 0 Å². The lowest BCUT2D eigenvalue weighted by atomic mass is 9.75. The van der Waals surface area contributed by atoms with Gasteiger partial charge < -0.3 is 5.11 Å². The molecule has 0 spiro atoms. The van der Waals surface area contributed by atoms with Crippen LogP contribution in [-0.2, 0) is 0 Å². The first-order chi connectivity index (χ1) is 19.3. The van der Waals surface area contributed by atoms with Gasteiger partial charge in [-0.05, 0) is 98.7 Å². The summed E-state index contributed by atoms with van der Waals surface area (Å²) >= 11 is 0. The molecule has 0 radical (unpaired) electrons. The van der Waals surface area contributed by atoms with Crippen molar-refractivity contribution < 1.29 is 5.11 Å². The van der Waals surface area contributed by atoms with Crippen LogP contribution in [0, 0.1) is 0 Å². The Morgan fingerprint density at radius 1 is 0.575 bits per heavy atom. The van der Waals surface area contributed by atoms with E-state index in [2.05, 4.69) is 114 Å². The Hall–Kier alpha value is -3.32. The maximum Gasteiger partial charge on any atom is 0.120 e. The van der Waals surface area contributed by atoms with Gasteiger partial charge in [-0.3, -0.25) is 0 Å². The van der Waals surface area contributed by atoms with E-state index in [0.29, 0.717) is 23.5 Å². The minimum atomic E-state index is 0.200. The minimum Gasteiger partial charge on any atom is -0.508 e. The van der Waals surface area contributed by atoms with Crippen LogP contribution in [0.4, 0.5) is 0 Å². The van der Waals surface area contributed by atoms with E-state index < -0.39 is 0 Å². The number of benzene rings is 4. The Morgan fingerprint density at radius 2 is 1.20 bits per heavy atom. The Bertz CT molecular complexity index is 1430. The average molecular weight is 531 g/mol. The SMILES string of the molecule is CC(C)c1ccc(-c2ccc(C3CCCCC3)c(-c3c(C(C)C)c(O)cc(-c4ccccc4)c3C(C)C)c2)cc1. The lowest BCUT2D eigenvalue weighted by molar-refractivity contribution is 0.444. The van der Waals surface area contributed by atoms with Gasteiger partial charge in [0.15, 0.2) is 0 Å². The van der Waals surface area contributed by atoms with Gasteiger partial charge in [0.25, 0.3) is 0 Å². The molecule has 0 bridgehead atoms. The van der Waals surface area contributed by atoms with Crippen molar-refractivity contribution in [2.45, 2.75) is 97.3 Å². The number of phenols is 1. The van der Waals surface area contributed by atoms with E-state index in [1.807, 2.05) is 6.07 Å². The van der Waals surface area contributed by atoms with Gasteiger partial charge in [-0.25, -0.2) is 0 Å². The van der Waals surface area contributed by atoms with Crippen LogP contribution in [0.1, 0.15) is 120 Å². The van der Waals surface area contributed by atoms with Crippen molar-refractivity contribution in [3.05, 3.63) is 101 Å². The molecule has 40 heavy (non-hydrogen) atoms. The molecule has 0 heterocycles. The molecule has 1 fully saturated rings. The van der Waals surface area contributed by atoms with Crippen LogP contribution >= 0.6 is 0 Å². The summed E-state index contributed by atoms with van der Waals surface area (Å²) in [5, 5.41) is 11.6. The lowest BCUT2D eigenvalue weighted by Gasteiger charge is -2.30. The van der Waals surface area contributed by atoms with Crippen LogP contribution in [0.25, 0.3) is 33.4 Å². The van der Waals surface area contributed by atoms with Gasteiger partial charge in [0.05, 0.1) is 0 Å². The molecule has 1 nitrogen and oxygen atoms in total. The predicted molar refractivity (Wildman–Crippen MR) is 173 cm³/mol. The van der Waals surface area contributed by atoms with Crippen molar-refractivity contribution in [2.75, 3.05) is 0 Å². The normalized spacial score (nSPS) is 14.4. The van der Waals surface area contributed by atoms with Crippen LogP contribution in [-0.4, -0.2) is 5.11 Å². The van der Waals surface area contributed by atoms with Crippen molar-refractivity contribution in [1.29, 1.82) is 0 Å². The van der Waals surface area contributed by atoms with Crippen molar-refractivity contribution in [1.82, 2.24) is 0 Å². The topological polar surface area (TPSA) is 20.2 Å². The molecule has 0 aliphatic heterocycles. The third-order valence-corrected chi connectivity index (χ3v) is 8.90. The zero-order valence-electron chi connectivity index (χ0n) is 25.3. The third kappa shape index (κ3) is 5.62. The van der Waals surface area contributed by atoms with E-state index in [1.54, 1.807) is 0 Å². The summed E-state index contributed by atoms with van der Waals surface area (Å²) in [5.41, 5.74) is 12.6. The number of phenolic OH excluding ortho intramolecular Hbond substituents is 1.